The van der Waals surface area contributed by atoms with Crippen molar-refractivity contribution in [1.82, 2.24) is 0 Å². The molecule has 0 saturated carbocycles. The number of carbonyl (C=O) groups is 1. The second-order valence-corrected chi connectivity index (χ2v) is 6.96. The SMILES string of the molecule is CCc1cccc(NC(=S)Nc2ccc(C(=O)OCC[NH+](CC)CC)cc2)c1. The summed E-state index contributed by atoms with van der Waals surface area (Å²) in [5.41, 5.74) is 3.55. The molecule has 0 spiro atoms. The molecule has 0 aliphatic carbocycles. The number of rotatable bonds is 9. The van der Waals surface area contributed by atoms with Crippen LogP contribution in [-0.4, -0.2) is 37.3 Å². The van der Waals surface area contributed by atoms with Gasteiger partial charge in [-0.1, -0.05) is 19.1 Å². The number of benzene rings is 2. The van der Waals surface area contributed by atoms with E-state index in [0.29, 0.717) is 17.3 Å². The van der Waals surface area contributed by atoms with Gasteiger partial charge in [-0.05, 0) is 74.4 Å². The van der Waals surface area contributed by atoms with Crippen LogP contribution in [0.2, 0.25) is 0 Å². The number of hydrogen-bond acceptors (Lipinski definition) is 3. The van der Waals surface area contributed by atoms with E-state index in [1.165, 1.54) is 10.5 Å². The van der Waals surface area contributed by atoms with E-state index in [4.69, 9.17) is 17.0 Å². The van der Waals surface area contributed by atoms with Crippen LogP contribution in [-0.2, 0) is 11.2 Å². The minimum Gasteiger partial charge on any atom is -0.456 e. The highest BCUT2D eigenvalue weighted by atomic mass is 32.1. The van der Waals surface area contributed by atoms with E-state index in [9.17, 15) is 4.79 Å². The van der Waals surface area contributed by atoms with Crippen molar-refractivity contribution in [2.45, 2.75) is 27.2 Å². The van der Waals surface area contributed by atoms with Crippen LogP contribution in [0.25, 0.3) is 0 Å². The Balaban J connectivity index is 1.84. The third-order valence-electron chi connectivity index (χ3n) is 4.66. The molecule has 0 atom stereocenters. The minimum atomic E-state index is -0.296. The van der Waals surface area contributed by atoms with E-state index in [1.54, 1.807) is 12.1 Å². The van der Waals surface area contributed by atoms with Gasteiger partial charge in [0.25, 0.3) is 0 Å². The average molecular weight is 401 g/mol. The molecular formula is C22H30N3O2S+. The van der Waals surface area contributed by atoms with Crippen molar-refractivity contribution in [3.8, 4) is 0 Å². The summed E-state index contributed by atoms with van der Waals surface area (Å²) in [6.07, 6.45) is 0.976. The van der Waals surface area contributed by atoms with Gasteiger partial charge >= 0.3 is 5.97 Å². The third-order valence-corrected chi connectivity index (χ3v) is 4.86. The summed E-state index contributed by atoms with van der Waals surface area (Å²) in [7, 11) is 0. The Labute approximate surface area is 173 Å². The number of hydrogen-bond donors (Lipinski definition) is 3. The van der Waals surface area contributed by atoms with E-state index in [2.05, 4.69) is 43.5 Å². The number of anilines is 2. The first-order valence-corrected chi connectivity index (χ1v) is 10.2. The van der Waals surface area contributed by atoms with Gasteiger partial charge in [-0.25, -0.2) is 4.79 Å². The molecule has 2 aromatic rings. The largest absolute Gasteiger partial charge is 0.456 e. The molecule has 0 heterocycles. The van der Waals surface area contributed by atoms with E-state index < -0.39 is 0 Å². The standard InChI is InChI=1S/C22H29N3O2S/c1-4-17-8-7-9-20(16-17)24-22(28)23-19-12-10-18(11-13-19)21(26)27-15-14-25(5-2)6-3/h7-13,16H,4-6,14-15H2,1-3H3,(H2,23,24,28)/p+1. The van der Waals surface area contributed by atoms with Crippen molar-refractivity contribution in [2.24, 2.45) is 0 Å². The van der Waals surface area contributed by atoms with Gasteiger partial charge < -0.3 is 20.3 Å². The lowest BCUT2D eigenvalue weighted by molar-refractivity contribution is -0.896. The summed E-state index contributed by atoms with van der Waals surface area (Å²) in [5, 5.41) is 6.82. The fourth-order valence-electron chi connectivity index (χ4n) is 2.83. The average Bonchev–Trinajstić information content (AvgIpc) is 2.71. The highest BCUT2D eigenvalue weighted by Gasteiger charge is 2.09. The Morgan fingerprint density at radius 2 is 1.68 bits per heavy atom. The molecule has 0 aromatic heterocycles. The first kappa shape index (κ1) is 21.9. The van der Waals surface area contributed by atoms with Crippen molar-refractivity contribution in [3.05, 3.63) is 59.7 Å². The number of likely N-dealkylation sites (N-methyl/N-ethyl adjacent to an activating group) is 1. The number of esters is 1. The van der Waals surface area contributed by atoms with Gasteiger partial charge in [0, 0.05) is 11.4 Å². The molecule has 3 N–H and O–H groups in total. The molecule has 0 aliphatic rings. The highest BCUT2D eigenvalue weighted by Crippen LogP contribution is 2.14. The predicted octanol–water partition coefficient (Wildman–Crippen LogP) is 3.14. The van der Waals surface area contributed by atoms with Crippen LogP contribution in [0.3, 0.4) is 0 Å². The molecule has 0 radical (unpaired) electrons. The van der Waals surface area contributed by atoms with Crippen molar-refractivity contribution >= 4 is 34.7 Å². The number of ether oxygens (including phenoxy) is 1. The first-order valence-electron chi connectivity index (χ1n) is 9.83. The molecule has 0 unspecified atom stereocenters. The predicted molar refractivity (Wildman–Crippen MR) is 119 cm³/mol. The van der Waals surface area contributed by atoms with Crippen molar-refractivity contribution in [2.75, 3.05) is 36.9 Å². The molecule has 0 amide bonds. The van der Waals surface area contributed by atoms with Crippen LogP contribution >= 0.6 is 12.2 Å². The van der Waals surface area contributed by atoms with Crippen LogP contribution in [0.1, 0.15) is 36.7 Å². The molecule has 2 rings (SSSR count). The zero-order valence-electron chi connectivity index (χ0n) is 16.9. The van der Waals surface area contributed by atoms with Gasteiger partial charge in [0.1, 0.15) is 13.2 Å². The summed E-state index contributed by atoms with van der Waals surface area (Å²) in [5.74, 6) is -0.296. The lowest BCUT2D eigenvalue weighted by Gasteiger charge is -2.15. The van der Waals surface area contributed by atoms with Crippen molar-refractivity contribution < 1.29 is 14.4 Å². The maximum Gasteiger partial charge on any atom is 0.338 e. The second kappa shape index (κ2) is 11.4. The van der Waals surface area contributed by atoms with Crippen LogP contribution in [0.4, 0.5) is 11.4 Å². The van der Waals surface area contributed by atoms with Gasteiger partial charge in [0.2, 0.25) is 0 Å². The molecule has 0 aliphatic heterocycles. The van der Waals surface area contributed by atoms with Gasteiger partial charge in [-0.3, -0.25) is 0 Å². The Morgan fingerprint density at radius 3 is 2.32 bits per heavy atom. The summed E-state index contributed by atoms with van der Waals surface area (Å²) >= 11 is 5.37. The maximum absolute atomic E-state index is 12.1. The van der Waals surface area contributed by atoms with Crippen molar-refractivity contribution in [1.29, 1.82) is 0 Å². The highest BCUT2D eigenvalue weighted by molar-refractivity contribution is 7.80. The van der Waals surface area contributed by atoms with Gasteiger partial charge in [0.15, 0.2) is 5.11 Å². The summed E-state index contributed by atoms with van der Waals surface area (Å²) in [4.78, 5) is 13.6. The quantitative estimate of drug-likeness (QED) is 0.446. The fourth-order valence-corrected chi connectivity index (χ4v) is 3.06. The maximum atomic E-state index is 12.1. The van der Waals surface area contributed by atoms with Gasteiger partial charge in [0.05, 0.1) is 18.7 Å². The molecule has 28 heavy (non-hydrogen) atoms. The van der Waals surface area contributed by atoms with Crippen LogP contribution in [0.15, 0.2) is 48.5 Å². The molecule has 0 fully saturated rings. The van der Waals surface area contributed by atoms with Crippen molar-refractivity contribution in [3.63, 3.8) is 0 Å². The normalized spacial score (nSPS) is 10.6. The van der Waals surface area contributed by atoms with Gasteiger partial charge in [-0.2, -0.15) is 0 Å². The number of thiocarbonyl (C=S) groups is 1. The fraction of sp³-hybridized carbons (Fsp3) is 0.364. The molecular weight excluding hydrogens is 370 g/mol. The topological polar surface area (TPSA) is 54.8 Å². The monoisotopic (exact) mass is 400 g/mol. The molecule has 0 bridgehead atoms. The lowest BCUT2D eigenvalue weighted by Crippen LogP contribution is -3.11. The number of nitrogens with one attached hydrogen (secondary N) is 3. The number of aryl methyl sites for hydroxylation is 1. The summed E-state index contributed by atoms with van der Waals surface area (Å²) in [6.45, 7) is 9.71. The number of quaternary nitrogens is 1. The second-order valence-electron chi connectivity index (χ2n) is 6.55. The zero-order valence-corrected chi connectivity index (χ0v) is 17.7. The van der Waals surface area contributed by atoms with E-state index in [1.807, 2.05) is 24.3 Å². The van der Waals surface area contributed by atoms with E-state index >= 15 is 0 Å². The van der Waals surface area contributed by atoms with E-state index in [-0.39, 0.29) is 5.97 Å². The van der Waals surface area contributed by atoms with Crippen LogP contribution in [0, 0.1) is 0 Å². The van der Waals surface area contributed by atoms with Gasteiger partial charge in [-0.15, -0.1) is 0 Å². The molecule has 6 heteroatoms. The van der Waals surface area contributed by atoms with Crippen LogP contribution < -0.4 is 15.5 Å². The Kier molecular flexibility index (Phi) is 8.91. The Morgan fingerprint density at radius 1 is 1.00 bits per heavy atom. The zero-order chi connectivity index (χ0) is 20.4. The van der Waals surface area contributed by atoms with E-state index in [0.717, 1.165) is 37.4 Å². The first-order chi connectivity index (χ1) is 13.5. The summed E-state index contributed by atoms with van der Waals surface area (Å²) < 4.78 is 5.37. The Bertz CT molecular complexity index is 774. The smallest absolute Gasteiger partial charge is 0.338 e. The molecule has 2 aromatic carbocycles. The number of carbonyl (C=O) groups excluding carboxylic acids is 1. The summed E-state index contributed by atoms with van der Waals surface area (Å²) in [6, 6.07) is 15.3. The minimum absolute atomic E-state index is 0.296. The lowest BCUT2D eigenvalue weighted by atomic mass is 10.1. The molecule has 5 nitrogen and oxygen atoms in total. The molecule has 150 valence electrons. The third kappa shape index (κ3) is 6.94. The van der Waals surface area contributed by atoms with Crippen LogP contribution in [0.5, 0.6) is 0 Å². The Hall–Kier alpha value is -2.44. The molecule has 0 saturated heterocycles.